The summed E-state index contributed by atoms with van der Waals surface area (Å²) in [4.78, 5) is 269. The topological polar surface area (TPSA) is 554 Å². The molecule has 0 saturated heterocycles. The third-order valence-electron chi connectivity index (χ3n) is 17.6. The lowest BCUT2D eigenvalue weighted by Gasteiger charge is -2.19. The number of fused-ring (bicyclic) bond motifs is 10. The second-order valence-corrected chi connectivity index (χ2v) is 39.0. The van der Waals surface area contributed by atoms with E-state index >= 15 is 0 Å². The van der Waals surface area contributed by atoms with Crippen LogP contribution >= 0.6 is 108 Å². The molecule has 0 fully saturated rings. The van der Waals surface area contributed by atoms with Crippen LogP contribution in [-0.4, -0.2) is 308 Å². The molecule has 130 heavy (non-hydrogen) atoms. The molecule has 1 aliphatic heterocycles. The number of hydrogen-bond acceptors (Lipinski definition) is 40. The number of methoxy groups -OCH3 is 10. The Hall–Kier alpha value is -11.0. The predicted molar refractivity (Wildman–Crippen MR) is 489 cm³/mol. The monoisotopic (exact) mass is 1990 g/mol. The third-order valence-corrected chi connectivity index (χ3v) is 29.7. The van der Waals surface area contributed by atoms with E-state index in [1.54, 1.807) is 0 Å². The summed E-state index contributed by atoms with van der Waals surface area (Å²) in [5, 5.41) is 25.5. The minimum Gasteiger partial charge on any atom is -0.467 e. The molecule has 6 rings (SSSR count). The molecular formula is C80H90N10O30S10. The standard InChI is InChI=1S/C80H90N10O30S10/c1-111-71(101)51-31-121-122-32-52(72(102)112-2)82-63(93)43-18-12-19-44(27-43)64(94)84-55(75(105)115-5)35-125-126-36-56(76(106)116-6)86-67(97)47-22-14-23-48(29-47)68(98)88-59(79(109)119-9)39-129-130-40-60(80(110)120-10)90-70(100)50-25-15-24-49(30-50)69(99)89-58(78(108)118-8)38-128-127-37-57(77(107)117-7)87-66(96)46-21-13-20-45(28-46)65(95)85-54(74(104)114-4)34-124-123-33-53(73(103)113-3)83-62(92)42-17-11-16-41(26-42)61(91)81-51/h11-30,51-60H,31-40H2,1-10H3,(H,81,91)(H,82,93)(H,83,92)(H,84,94)(H,85,95)(H,86,97)(H,87,96)(H,88,98)(H,89,99)(H,90,100)/t51-,52-,53-,54-,55-,56-,57-,58-,59-,60-/m0/s1. The molecule has 1 heterocycles. The van der Waals surface area contributed by atoms with Gasteiger partial charge < -0.3 is 101 Å². The van der Waals surface area contributed by atoms with Gasteiger partial charge in [0, 0.05) is 113 Å². The maximum atomic E-state index is 13.8. The second kappa shape index (κ2) is 56.6. The first-order chi connectivity index (χ1) is 62.3. The molecule has 10 N–H and O–H groups in total. The van der Waals surface area contributed by atoms with Crippen molar-refractivity contribution < 1.29 is 143 Å². The Kier molecular flexibility index (Phi) is 46.9. The summed E-state index contributed by atoms with van der Waals surface area (Å²) in [6.45, 7) is 0. The number of amides is 10. The van der Waals surface area contributed by atoms with Crippen LogP contribution in [0.1, 0.15) is 104 Å². The third kappa shape index (κ3) is 34.4. The van der Waals surface area contributed by atoms with Crippen LogP contribution < -0.4 is 53.2 Å². The first kappa shape index (κ1) is 108. The number of benzene rings is 5. The SMILES string of the molecule is COC(=O)[C@@H]1CSSC[C@@H](C(=O)OC)NC(=O)c2cccc(c2)C(=O)N[C@H](C(=O)OC)CSSC[C@@H](C(=O)OC)NC(=O)c2cccc(c2)C(=O)N[C@H](C(=O)OC)CSSC[C@@H](C(=O)OC)NC(=O)c2cccc(c2)C(=O)N[C@H](C(=O)OC)CSSC[C@@H](C(=O)OC)NC(=O)c2cccc(c2)C(=O)N[C@H](C(=O)OC)CSSC[C@@H](C(=O)OC)NC(=O)c2cccc(c2)C(=O)N1. The quantitative estimate of drug-likeness (QED) is 0.0545. The van der Waals surface area contributed by atoms with Crippen molar-refractivity contribution >= 4 is 227 Å². The minimum atomic E-state index is -1.34. The van der Waals surface area contributed by atoms with Crippen molar-refractivity contribution in [2.75, 3.05) is 129 Å². The molecule has 0 aliphatic carbocycles. The number of rotatable bonds is 10. The van der Waals surface area contributed by atoms with E-state index in [4.69, 9.17) is 47.4 Å². The minimum absolute atomic E-state index is 0.120. The molecule has 5 aromatic carbocycles. The fraction of sp³-hybridized carbons (Fsp3) is 0.375. The molecule has 40 nitrogen and oxygen atoms in total. The van der Waals surface area contributed by atoms with E-state index in [-0.39, 0.29) is 113 Å². The Bertz CT molecular complexity index is 3980. The van der Waals surface area contributed by atoms with Crippen molar-refractivity contribution in [2.24, 2.45) is 0 Å². The highest BCUT2D eigenvalue weighted by molar-refractivity contribution is 8.78. The van der Waals surface area contributed by atoms with Gasteiger partial charge in [-0.15, -0.1) is 0 Å². The zero-order chi connectivity index (χ0) is 95.5. The maximum absolute atomic E-state index is 13.8. The van der Waals surface area contributed by atoms with Crippen LogP contribution in [0.3, 0.4) is 0 Å². The Morgan fingerprint density at radius 2 is 0.269 bits per heavy atom. The van der Waals surface area contributed by atoms with Gasteiger partial charge in [-0.05, 0) is 91.0 Å². The van der Waals surface area contributed by atoms with Crippen molar-refractivity contribution in [1.29, 1.82) is 0 Å². The zero-order valence-electron chi connectivity index (χ0n) is 70.7. The molecule has 0 unspecified atom stereocenters. The van der Waals surface area contributed by atoms with E-state index in [9.17, 15) is 95.9 Å². The molecule has 50 heteroatoms. The molecule has 10 bridgehead atoms. The number of esters is 10. The van der Waals surface area contributed by atoms with Gasteiger partial charge in [0.05, 0.1) is 71.1 Å². The molecule has 5 aromatic rings. The maximum Gasteiger partial charge on any atom is 0.329 e. The number of carbonyl (C=O) groups is 20. The van der Waals surface area contributed by atoms with Crippen LogP contribution in [0.25, 0.3) is 0 Å². The highest BCUT2D eigenvalue weighted by Crippen LogP contribution is 2.30. The lowest BCUT2D eigenvalue weighted by atomic mass is 10.1. The lowest BCUT2D eigenvalue weighted by Crippen LogP contribution is -2.44. The van der Waals surface area contributed by atoms with Gasteiger partial charge in [-0.1, -0.05) is 138 Å². The Labute approximate surface area is 783 Å². The predicted octanol–water partition coefficient (Wildman–Crippen LogP) is 3.12. The van der Waals surface area contributed by atoms with Crippen LogP contribution in [0.4, 0.5) is 0 Å². The van der Waals surface area contributed by atoms with Crippen LogP contribution in [-0.2, 0) is 95.3 Å². The number of ether oxygens (including phenoxy) is 10. The first-order valence-corrected chi connectivity index (χ1v) is 50.3. The molecule has 0 spiro atoms. The summed E-state index contributed by atoms with van der Waals surface area (Å²) >= 11 is 0. The normalized spacial score (nSPS) is 21.2. The highest BCUT2D eigenvalue weighted by atomic mass is 33.1. The summed E-state index contributed by atoms with van der Waals surface area (Å²) in [6.07, 6.45) is 0. The van der Waals surface area contributed by atoms with Gasteiger partial charge in [0.25, 0.3) is 59.1 Å². The summed E-state index contributed by atoms with van der Waals surface area (Å²) in [6, 6.07) is 12.6. The van der Waals surface area contributed by atoms with Gasteiger partial charge in [0.2, 0.25) is 0 Å². The average molecular weight is 1990 g/mol. The van der Waals surface area contributed by atoms with Crippen molar-refractivity contribution in [3.63, 3.8) is 0 Å². The fourth-order valence-electron chi connectivity index (χ4n) is 10.7. The van der Waals surface area contributed by atoms with E-state index in [1.807, 2.05) is 0 Å². The number of hydrogen-bond donors (Lipinski definition) is 10. The molecule has 10 amide bonds. The van der Waals surface area contributed by atoms with Crippen LogP contribution in [0, 0.1) is 0 Å². The van der Waals surface area contributed by atoms with Gasteiger partial charge in [0.15, 0.2) is 0 Å². The van der Waals surface area contributed by atoms with E-state index in [0.29, 0.717) is 0 Å². The molecule has 10 atom stereocenters. The van der Waals surface area contributed by atoms with E-state index in [1.165, 1.54) is 121 Å². The van der Waals surface area contributed by atoms with E-state index in [2.05, 4.69) is 53.2 Å². The molecule has 0 saturated carbocycles. The van der Waals surface area contributed by atoms with E-state index in [0.717, 1.165) is 179 Å². The summed E-state index contributed by atoms with van der Waals surface area (Å²) < 4.78 is 49.5. The molecule has 1 aliphatic rings. The van der Waals surface area contributed by atoms with Crippen LogP contribution in [0.5, 0.6) is 0 Å². The Morgan fingerprint density at radius 1 is 0.185 bits per heavy atom. The number of carbonyl (C=O) groups excluding carboxylic acids is 20. The van der Waals surface area contributed by atoms with Crippen LogP contribution in [0.2, 0.25) is 0 Å². The summed E-state index contributed by atoms with van der Waals surface area (Å²) in [5.41, 5.74) is -1.20. The largest absolute Gasteiger partial charge is 0.467 e. The van der Waals surface area contributed by atoms with Crippen LogP contribution in [0.15, 0.2) is 121 Å². The highest BCUT2D eigenvalue weighted by Gasteiger charge is 2.35. The molecule has 700 valence electrons. The molecular weight excluding hydrogens is 1900 g/mol. The van der Waals surface area contributed by atoms with Crippen molar-refractivity contribution in [1.82, 2.24) is 53.2 Å². The average Bonchev–Trinajstić information content (AvgIpc) is 0.859. The Morgan fingerprint density at radius 3 is 0.346 bits per heavy atom. The number of nitrogens with one attached hydrogen (secondary N) is 10. The fourth-order valence-corrected chi connectivity index (χ4v) is 22.2. The smallest absolute Gasteiger partial charge is 0.329 e. The first-order valence-electron chi connectivity index (χ1n) is 37.9. The van der Waals surface area contributed by atoms with Gasteiger partial charge in [-0.3, -0.25) is 47.9 Å². The summed E-state index contributed by atoms with van der Waals surface area (Å²) in [5.74, 6) is -19.3. The zero-order valence-corrected chi connectivity index (χ0v) is 78.9. The summed E-state index contributed by atoms with van der Waals surface area (Å²) in [7, 11) is 20.5. The van der Waals surface area contributed by atoms with Gasteiger partial charge in [-0.2, -0.15) is 0 Å². The van der Waals surface area contributed by atoms with E-state index < -0.39 is 179 Å². The van der Waals surface area contributed by atoms with Crippen molar-refractivity contribution in [2.45, 2.75) is 60.4 Å². The molecule has 0 aromatic heterocycles. The van der Waals surface area contributed by atoms with Crippen molar-refractivity contribution in [3.05, 3.63) is 177 Å². The Balaban J connectivity index is 1.21. The van der Waals surface area contributed by atoms with Gasteiger partial charge in [-0.25, -0.2) is 47.9 Å². The second-order valence-electron chi connectivity index (χ2n) is 26.2. The lowest BCUT2D eigenvalue weighted by molar-refractivity contribution is -0.143. The van der Waals surface area contributed by atoms with Crippen molar-refractivity contribution in [3.8, 4) is 0 Å². The molecule has 0 radical (unpaired) electrons. The van der Waals surface area contributed by atoms with Gasteiger partial charge >= 0.3 is 59.7 Å². The van der Waals surface area contributed by atoms with Gasteiger partial charge in [0.1, 0.15) is 60.4 Å².